The van der Waals surface area contributed by atoms with Crippen molar-refractivity contribution in [3.63, 3.8) is 0 Å². The van der Waals surface area contributed by atoms with Gasteiger partial charge in [-0.25, -0.2) is 0 Å². The molecule has 0 aromatic heterocycles. The standard InChI is InChI=1S/C14H26N2OS.ClH/c1-15-7-2-12-3-8-16(9-4-12)14(17)13-5-10-18-11-6-13;/h12-13,15H,2-11H2,1H3;1H. The van der Waals surface area contributed by atoms with Crippen molar-refractivity contribution in [1.82, 2.24) is 10.2 Å². The summed E-state index contributed by atoms with van der Waals surface area (Å²) >= 11 is 1.99. The van der Waals surface area contributed by atoms with Crippen LogP contribution in [0.25, 0.3) is 0 Å². The summed E-state index contributed by atoms with van der Waals surface area (Å²) in [6, 6.07) is 0. The first-order valence-corrected chi connectivity index (χ1v) is 8.48. The van der Waals surface area contributed by atoms with Crippen LogP contribution in [0.2, 0.25) is 0 Å². The van der Waals surface area contributed by atoms with E-state index in [-0.39, 0.29) is 12.4 Å². The number of rotatable bonds is 4. The predicted molar refractivity (Wildman–Crippen MR) is 85.1 cm³/mol. The number of nitrogens with zero attached hydrogens (tertiary/aromatic N) is 1. The third kappa shape index (κ3) is 5.16. The highest BCUT2D eigenvalue weighted by atomic mass is 35.5. The molecular formula is C14H27ClN2OS. The third-order valence-corrected chi connectivity index (χ3v) is 5.35. The second-order valence-electron chi connectivity index (χ2n) is 5.55. The van der Waals surface area contributed by atoms with E-state index in [1.54, 1.807) is 0 Å². The molecule has 0 aromatic carbocycles. The lowest BCUT2D eigenvalue weighted by Gasteiger charge is -2.35. The summed E-state index contributed by atoms with van der Waals surface area (Å²) in [6.45, 7) is 3.10. The van der Waals surface area contributed by atoms with Crippen LogP contribution in [0.1, 0.15) is 32.1 Å². The van der Waals surface area contributed by atoms with Gasteiger partial charge in [-0.2, -0.15) is 11.8 Å². The van der Waals surface area contributed by atoms with Gasteiger partial charge in [0.15, 0.2) is 0 Å². The second-order valence-corrected chi connectivity index (χ2v) is 6.77. The summed E-state index contributed by atoms with van der Waals surface area (Å²) in [6.07, 6.45) is 5.87. The molecule has 1 amide bonds. The molecule has 2 rings (SSSR count). The third-order valence-electron chi connectivity index (χ3n) is 4.30. The van der Waals surface area contributed by atoms with Gasteiger partial charge < -0.3 is 10.2 Å². The maximum atomic E-state index is 12.4. The van der Waals surface area contributed by atoms with Gasteiger partial charge in [-0.15, -0.1) is 12.4 Å². The van der Waals surface area contributed by atoms with E-state index >= 15 is 0 Å². The summed E-state index contributed by atoms with van der Waals surface area (Å²) in [5.74, 6) is 3.95. The van der Waals surface area contributed by atoms with Gasteiger partial charge in [0.2, 0.25) is 5.91 Å². The fourth-order valence-electron chi connectivity index (χ4n) is 2.99. The van der Waals surface area contributed by atoms with Crippen LogP contribution in [-0.4, -0.2) is 49.0 Å². The van der Waals surface area contributed by atoms with Crippen molar-refractivity contribution in [1.29, 1.82) is 0 Å². The van der Waals surface area contributed by atoms with E-state index in [9.17, 15) is 4.79 Å². The molecule has 5 heteroatoms. The fraction of sp³-hybridized carbons (Fsp3) is 0.929. The molecule has 0 aliphatic carbocycles. The van der Waals surface area contributed by atoms with Crippen LogP contribution >= 0.6 is 24.2 Å². The van der Waals surface area contributed by atoms with Crippen LogP contribution in [0.4, 0.5) is 0 Å². The second kappa shape index (κ2) is 9.09. The van der Waals surface area contributed by atoms with Crippen LogP contribution in [-0.2, 0) is 4.79 Å². The minimum absolute atomic E-state index is 0. The summed E-state index contributed by atoms with van der Waals surface area (Å²) in [7, 11) is 2.01. The maximum Gasteiger partial charge on any atom is 0.225 e. The molecule has 0 unspecified atom stereocenters. The smallest absolute Gasteiger partial charge is 0.225 e. The van der Waals surface area contributed by atoms with E-state index < -0.39 is 0 Å². The van der Waals surface area contributed by atoms with E-state index in [4.69, 9.17) is 0 Å². The van der Waals surface area contributed by atoms with Crippen LogP contribution < -0.4 is 5.32 Å². The molecule has 0 radical (unpaired) electrons. The van der Waals surface area contributed by atoms with Crippen LogP contribution in [0.5, 0.6) is 0 Å². The number of nitrogens with one attached hydrogen (secondary N) is 1. The molecule has 112 valence electrons. The average molecular weight is 307 g/mol. The van der Waals surface area contributed by atoms with Gasteiger partial charge in [0.1, 0.15) is 0 Å². The largest absolute Gasteiger partial charge is 0.342 e. The summed E-state index contributed by atoms with van der Waals surface area (Å²) in [5.41, 5.74) is 0. The Hall–Kier alpha value is 0.0700. The van der Waals surface area contributed by atoms with E-state index in [0.29, 0.717) is 11.8 Å². The molecule has 0 aromatic rings. The minimum Gasteiger partial charge on any atom is -0.342 e. The Balaban J connectivity index is 0.00000180. The predicted octanol–water partition coefficient (Wildman–Crippen LogP) is 2.40. The van der Waals surface area contributed by atoms with E-state index in [0.717, 1.165) is 38.4 Å². The number of thioether (sulfide) groups is 1. The molecule has 2 aliphatic rings. The molecule has 2 fully saturated rings. The summed E-state index contributed by atoms with van der Waals surface area (Å²) < 4.78 is 0. The first-order valence-electron chi connectivity index (χ1n) is 7.32. The van der Waals surface area contributed by atoms with Crippen molar-refractivity contribution in [2.45, 2.75) is 32.1 Å². The van der Waals surface area contributed by atoms with Crippen molar-refractivity contribution < 1.29 is 4.79 Å². The van der Waals surface area contributed by atoms with Crippen molar-refractivity contribution in [3.8, 4) is 0 Å². The Labute approximate surface area is 127 Å². The number of carbonyl (C=O) groups is 1. The molecule has 19 heavy (non-hydrogen) atoms. The first-order chi connectivity index (χ1) is 8.81. The zero-order valence-corrected chi connectivity index (χ0v) is 13.5. The average Bonchev–Trinajstić information content (AvgIpc) is 2.46. The van der Waals surface area contributed by atoms with Crippen LogP contribution in [0.15, 0.2) is 0 Å². The van der Waals surface area contributed by atoms with E-state index in [1.165, 1.54) is 30.8 Å². The highest BCUT2D eigenvalue weighted by Gasteiger charge is 2.28. The molecule has 2 heterocycles. The molecule has 2 saturated heterocycles. The van der Waals surface area contributed by atoms with Crippen molar-refractivity contribution in [3.05, 3.63) is 0 Å². The first kappa shape index (κ1) is 17.1. The lowest BCUT2D eigenvalue weighted by Crippen LogP contribution is -2.42. The van der Waals surface area contributed by atoms with Gasteiger partial charge >= 0.3 is 0 Å². The van der Waals surface area contributed by atoms with Crippen molar-refractivity contribution >= 4 is 30.1 Å². The molecular weight excluding hydrogens is 280 g/mol. The Morgan fingerprint density at radius 2 is 1.84 bits per heavy atom. The number of halogens is 1. The monoisotopic (exact) mass is 306 g/mol. The molecule has 0 saturated carbocycles. The Morgan fingerprint density at radius 3 is 2.42 bits per heavy atom. The number of carbonyl (C=O) groups excluding carboxylic acids is 1. The normalized spacial score (nSPS) is 22.1. The lowest BCUT2D eigenvalue weighted by atomic mass is 9.92. The maximum absolute atomic E-state index is 12.4. The summed E-state index contributed by atoms with van der Waals surface area (Å²) in [5, 5.41) is 3.22. The minimum atomic E-state index is 0. The van der Waals surface area contributed by atoms with Gasteiger partial charge in [-0.1, -0.05) is 0 Å². The van der Waals surface area contributed by atoms with Gasteiger partial charge in [0.25, 0.3) is 0 Å². The zero-order chi connectivity index (χ0) is 12.8. The lowest BCUT2D eigenvalue weighted by molar-refractivity contribution is -0.137. The SMILES string of the molecule is CNCCC1CCN(C(=O)C2CCSCC2)CC1.Cl. The number of likely N-dealkylation sites (tertiary alicyclic amines) is 1. The molecule has 2 aliphatic heterocycles. The fourth-order valence-corrected chi connectivity index (χ4v) is 4.10. The molecule has 0 atom stereocenters. The molecule has 3 nitrogen and oxygen atoms in total. The number of hydrogen-bond donors (Lipinski definition) is 1. The molecule has 1 N–H and O–H groups in total. The van der Waals surface area contributed by atoms with Gasteiger partial charge in [0, 0.05) is 19.0 Å². The van der Waals surface area contributed by atoms with Crippen LogP contribution in [0.3, 0.4) is 0 Å². The Kier molecular flexibility index (Phi) is 8.19. The molecule has 0 spiro atoms. The van der Waals surface area contributed by atoms with Gasteiger partial charge in [0.05, 0.1) is 0 Å². The molecule has 0 bridgehead atoms. The Bertz CT molecular complexity index is 264. The zero-order valence-electron chi connectivity index (χ0n) is 11.9. The highest BCUT2D eigenvalue weighted by Crippen LogP contribution is 2.27. The summed E-state index contributed by atoms with van der Waals surface area (Å²) in [4.78, 5) is 14.5. The number of amides is 1. The van der Waals surface area contributed by atoms with Crippen molar-refractivity contribution in [2.24, 2.45) is 11.8 Å². The Morgan fingerprint density at radius 1 is 1.21 bits per heavy atom. The highest BCUT2D eigenvalue weighted by molar-refractivity contribution is 7.99. The van der Waals surface area contributed by atoms with E-state index in [1.807, 2.05) is 18.8 Å². The quantitative estimate of drug-likeness (QED) is 0.865. The van der Waals surface area contributed by atoms with Gasteiger partial charge in [-0.05, 0) is 63.1 Å². The topological polar surface area (TPSA) is 32.3 Å². The van der Waals surface area contributed by atoms with Crippen LogP contribution in [0, 0.1) is 11.8 Å². The van der Waals surface area contributed by atoms with Crippen molar-refractivity contribution in [2.75, 3.05) is 38.2 Å². The van der Waals surface area contributed by atoms with E-state index in [2.05, 4.69) is 10.2 Å². The number of piperidine rings is 1. The number of hydrogen-bond acceptors (Lipinski definition) is 3. The van der Waals surface area contributed by atoms with Gasteiger partial charge in [-0.3, -0.25) is 4.79 Å².